The monoisotopic (exact) mass is 654 g/mol. The molecule has 1 saturated heterocycles. The largest absolute Gasteiger partial charge is 0.466 e. The number of ether oxygens (including phenoxy) is 3. The minimum atomic E-state index is -2.52. The van der Waals surface area contributed by atoms with Crippen LogP contribution in [0.25, 0.3) is 0 Å². The van der Waals surface area contributed by atoms with E-state index in [2.05, 4.69) is 38.8 Å². The Morgan fingerprint density at radius 1 is 0.872 bits per heavy atom. The molecule has 0 bridgehead atoms. The highest BCUT2D eigenvalue weighted by molar-refractivity contribution is 6.74. The third-order valence-corrected chi connectivity index (χ3v) is 13.5. The summed E-state index contributed by atoms with van der Waals surface area (Å²) in [4.78, 5) is 40.3. The van der Waals surface area contributed by atoms with Crippen molar-refractivity contribution in [3.63, 3.8) is 0 Å². The van der Waals surface area contributed by atoms with Gasteiger partial charge in [-0.25, -0.2) is 9.59 Å². The number of nitrogens with one attached hydrogen (secondary N) is 1. The Kier molecular flexibility index (Phi) is 9.97. The second-order valence-corrected chi connectivity index (χ2v) is 17.8. The standard InChI is InChI=1S/C37H42N2O7Si/c1-36(2,3)47(5,6)46-33-29(24-32(41)43-4)30(45-34(33)39-23-22-31(40)38-35(39)42)25-44-37(26-16-10-7-11-17-26,27-18-12-8-13-19-27)28-20-14-9-15-21-28/h7-24,30,33-34H,25H2,1-6H3,(H,38,40,42)/b29-24-. The van der Waals surface area contributed by atoms with Crippen LogP contribution in [0.3, 0.4) is 0 Å². The topological polar surface area (TPSA) is 109 Å². The van der Waals surface area contributed by atoms with Crippen LogP contribution in [0.4, 0.5) is 0 Å². The average molecular weight is 655 g/mol. The van der Waals surface area contributed by atoms with E-state index in [0.717, 1.165) is 16.7 Å². The second kappa shape index (κ2) is 13.8. The first-order chi connectivity index (χ1) is 22.4. The van der Waals surface area contributed by atoms with Gasteiger partial charge in [-0.2, -0.15) is 0 Å². The van der Waals surface area contributed by atoms with Gasteiger partial charge in [-0.05, 0) is 40.4 Å². The predicted octanol–water partition coefficient (Wildman–Crippen LogP) is 5.93. The van der Waals surface area contributed by atoms with Crippen molar-refractivity contribution in [3.8, 4) is 0 Å². The molecule has 47 heavy (non-hydrogen) atoms. The number of carbonyl (C=O) groups excluding carboxylic acids is 1. The third kappa shape index (κ3) is 7.01. The SMILES string of the molecule is COC(=O)/C=C1/C(COC(c2ccccc2)(c2ccccc2)c2ccccc2)OC(n2ccc(=O)[nH]c2=O)C1O[Si](C)(C)C(C)(C)C. The van der Waals surface area contributed by atoms with Crippen molar-refractivity contribution in [3.05, 3.63) is 152 Å². The summed E-state index contributed by atoms with van der Waals surface area (Å²) in [6, 6.07) is 31.1. The summed E-state index contributed by atoms with van der Waals surface area (Å²) in [5, 5.41) is -0.207. The first-order valence-electron chi connectivity index (χ1n) is 15.6. The minimum Gasteiger partial charge on any atom is -0.466 e. The summed E-state index contributed by atoms with van der Waals surface area (Å²) in [6.45, 7) is 10.5. The molecule has 0 aliphatic carbocycles. The zero-order valence-corrected chi connectivity index (χ0v) is 28.6. The van der Waals surface area contributed by atoms with Crippen LogP contribution >= 0.6 is 0 Å². The Morgan fingerprint density at radius 3 is 1.83 bits per heavy atom. The fraction of sp³-hybridized carbons (Fsp3) is 0.324. The molecular weight excluding hydrogens is 613 g/mol. The zero-order valence-electron chi connectivity index (χ0n) is 27.6. The van der Waals surface area contributed by atoms with E-state index >= 15 is 0 Å². The normalized spacial score (nSPS) is 19.5. The molecule has 1 aliphatic rings. The van der Waals surface area contributed by atoms with E-state index in [9.17, 15) is 14.4 Å². The molecule has 5 rings (SSSR count). The number of carbonyl (C=O) groups is 1. The van der Waals surface area contributed by atoms with Crippen LogP contribution in [0, 0.1) is 0 Å². The van der Waals surface area contributed by atoms with Crippen LogP contribution in [0.2, 0.25) is 18.1 Å². The van der Waals surface area contributed by atoms with Crippen LogP contribution in [-0.2, 0) is 29.0 Å². The first-order valence-corrected chi connectivity index (χ1v) is 18.5. The summed E-state index contributed by atoms with van der Waals surface area (Å²) in [6.07, 6.45) is 0.0693. The quantitative estimate of drug-likeness (QED) is 0.0977. The van der Waals surface area contributed by atoms with Crippen molar-refractivity contribution in [2.45, 2.75) is 62.9 Å². The zero-order chi connectivity index (χ0) is 33.8. The fourth-order valence-electron chi connectivity index (χ4n) is 5.60. The van der Waals surface area contributed by atoms with Crippen LogP contribution in [0.5, 0.6) is 0 Å². The van der Waals surface area contributed by atoms with Crippen LogP contribution < -0.4 is 11.2 Å². The van der Waals surface area contributed by atoms with Gasteiger partial charge in [-0.3, -0.25) is 14.3 Å². The van der Waals surface area contributed by atoms with Gasteiger partial charge in [-0.15, -0.1) is 0 Å². The Balaban J connectivity index is 1.66. The van der Waals surface area contributed by atoms with Crippen molar-refractivity contribution >= 4 is 14.3 Å². The first kappa shape index (κ1) is 34.0. The van der Waals surface area contributed by atoms with Crippen molar-refractivity contribution in [1.29, 1.82) is 0 Å². The molecule has 10 heteroatoms. The number of hydrogen-bond acceptors (Lipinski definition) is 7. The van der Waals surface area contributed by atoms with Gasteiger partial charge in [0.1, 0.15) is 17.8 Å². The summed E-state index contributed by atoms with van der Waals surface area (Å²) in [5.74, 6) is -0.590. The number of nitrogens with zero attached hydrogens (tertiary/aromatic N) is 1. The lowest BCUT2D eigenvalue weighted by Gasteiger charge is -2.39. The summed E-state index contributed by atoms with van der Waals surface area (Å²) >= 11 is 0. The van der Waals surface area contributed by atoms with Gasteiger partial charge in [0.2, 0.25) is 0 Å². The molecule has 0 saturated carbocycles. The number of hydrogen-bond donors (Lipinski definition) is 1. The van der Waals surface area contributed by atoms with Gasteiger partial charge in [0.15, 0.2) is 14.5 Å². The van der Waals surface area contributed by atoms with Crippen molar-refractivity contribution in [1.82, 2.24) is 9.55 Å². The molecule has 0 spiro atoms. The molecule has 2 heterocycles. The number of rotatable bonds is 10. The number of methoxy groups -OCH3 is 1. The van der Waals surface area contributed by atoms with Crippen molar-refractivity contribution in [2.75, 3.05) is 13.7 Å². The van der Waals surface area contributed by atoms with E-state index in [4.69, 9.17) is 18.6 Å². The molecule has 246 valence electrons. The summed E-state index contributed by atoms with van der Waals surface area (Å²) in [7, 11) is -1.22. The molecule has 9 nitrogen and oxygen atoms in total. The van der Waals surface area contributed by atoms with E-state index in [1.54, 1.807) is 0 Å². The van der Waals surface area contributed by atoms with Crippen LogP contribution in [0.1, 0.15) is 43.7 Å². The smallest absolute Gasteiger partial charge is 0.330 e. The second-order valence-electron chi connectivity index (χ2n) is 13.1. The molecule has 1 fully saturated rings. The maximum absolute atomic E-state index is 13.1. The average Bonchev–Trinajstić information content (AvgIpc) is 3.37. The van der Waals surface area contributed by atoms with Crippen molar-refractivity contribution < 1.29 is 23.4 Å². The summed E-state index contributed by atoms with van der Waals surface area (Å²) in [5.41, 5.74) is 0.927. The highest BCUT2D eigenvalue weighted by Gasteiger charge is 2.49. The molecule has 0 radical (unpaired) electrons. The molecule has 3 atom stereocenters. The maximum atomic E-state index is 13.1. The number of benzene rings is 3. The van der Waals surface area contributed by atoms with Gasteiger partial charge in [-0.1, -0.05) is 112 Å². The van der Waals surface area contributed by atoms with Gasteiger partial charge in [0, 0.05) is 18.3 Å². The lowest BCUT2D eigenvalue weighted by Crippen LogP contribution is -2.47. The predicted molar refractivity (Wildman–Crippen MR) is 183 cm³/mol. The van der Waals surface area contributed by atoms with Gasteiger partial charge in [0.05, 0.1) is 13.7 Å². The molecule has 0 amide bonds. The Morgan fingerprint density at radius 2 is 1.38 bits per heavy atom. The maximum Gasteiger partial charge on any atom is 0.330 e. The number of esters is 1. The van der Waals surface area contributed by atoms with E-state index in [-0.39, 0.29) is 11.6 Å². The van der Waals surface area contributed by atoms with Crippen LogP contribution in [0.15, 0.2) is 124 Å². The molecule has 1 aliphatic heterocycles. The molecule has 1 N–H and O–H groups in total. The van der Waals surface area contributed by atoms with E-state index in [0.29, 0.717) is 5.57 Å². The summed E-state index contributed by atoms with van der Waals surface area (Å²) < 4.78 is 27.0. The lowest BCUT2D eigenvalue weighted by atomic mass is 9.80. The highest BCUT2D eigenvalue weighted by Crippen LogP contribution is 2.45. The van der Waals surface area contributed by atoms with E-state index in [1.165, 1.54) is 30.0 Å². The minimum absolute atomic E-state index is 0.0204. The van der Waals surface area contributed by atoms with Crippen molar-refractivity contribution in [2.24, 2.45) is 0 Å². The molecular formula is C37H42N2O7Si. The fourth-order valence-corrected chi connectivity index (χ4v) is 6.84. The van der Waals surface area contributed by atoms with Crippen LogP contribution in [-0.4, -0.2) is 49.8 Å². The Hall–Kier alpha value is -4.35. The molecule has 3 aromatic carbocycles. The number of H-pyrrole nitrogens is 1. The molecule has 3 unspecified atom stereocenters. The van der Waals surface area contributed by atoms with E-state index in [1.807, 2.05) is 91.0 Å². The molecule has 1 aromatic heterocycles. The van der Waals surface area contributed by atoms with E-state index < -0.39 is 49.6 Å². The number of aromatic nitrogens is 2. The van der Waals surface area contributed by atoms with Gasteiger partial charge >= 0.3 is 11.7 Å². The Labute approximate surface area is 275 Å². The lowest BCUT2D eigenvalue weighted by molar-refractivity contribution is -0.135. The van der Waals surface area contributed by atoms with Gasteiger partial charge in [0.25, 0.3) is 5.56 Å². The van der Waals surface area contributed by atoms with Gasteiger partial charge < -0.3 is 18.6 Å². The third-order valence-electron chi connectivity index (χ3n) is 9.09. The number of aromatic amines is 1. The Bertz CT molecular complexity index is 1720. The molecule has 4 aromatic rings. The highest BCUT2D eigenvalue weighted by atomic mass is 28.4.